The maximum Gasteiger partial charge on any atom is 1.00 e. The van der Waals surface area contributed by atoms with Gasteiger partial charge in [0.25, 0.3) is 0 Å². The van der Waals surface area contributed by atoms with Crippen LogP contribution in [0.3, 0.4) is 0 Å². The molecule has 1 fully saturated rings. The number of rotatable bonds is 25. The molecule has 0 saturated carbocycles. The molecule has 12 nitrogen and oxygen atoms in total. The Labute approximate surface area is 445 Å². The Kier molecular flexibility index (Phi) is 41.2. The monoisotopic (exact) mass is 1010 g/mol. The summed E-state index contributed by atoms with van der Waals surface area (Å²) >= 11 is 0. The van der Waals surface area contributed by atoms with E-state index in [1.165, 1.54) is 66.8 Å². The Morgan fingerprint density at radius 3 is 1.90 bits per heavy atom. The molecule has 2 aromatic rings. The Balaban J connectivity index is 0. The molecule has 0 aliphatic carbocycles. The molecule has 0 bridgehead atoms. The number of benzene rings is 2. The minimum atomic E-state index is 0. The zero-order chi connectivity index (χ0) is 46.5. The summed E-state index contributed by atoms with van der Waals surface area (Å²) in [6.07, 6.45) is 13.4. The van der Waals surface area contributed by atoms with Crippen LogP contribution in [0.4, 0.5) is 0 Å². The SMILES string of the molecule is C=C(CN)N([CH2-])C[CH2-].C=CN.C=CNCCCCCCCN1CN(CC=O)CN(CC(=C)C)CN(CC(=C)C)C1.N/C=C(\N)CCc1ccc(C(P)NCc2ccccc2)cc1.[Cs+]. The fourth-order valence-corrected chi connectivity index (χ4v) is 6.66. The molecule has 2 unspecified atom stereocenters. The minimum absolute atomic E-state index is 0. The average Bonchev–Trinajstić information content (AvgIpc) is 3.25. The molecule has 2 atom stereocenters. The summed E-state index contributed by atoms with van der Waals surface area (Å²) in [5.74, 6) is 0.239. The van der Waals surface area contributed by atoms with Crippen LogP contribution >= 0.6 is 9.24 Å². The smallest absolute Gasteiger partial charge is 0.553 e. The molecule has 348 valence electrons. The van der Waals surface area contributed by atoms with Crippen LogP contribution in [0, 0.1) is 14.0 Å². The summed E-state index contributed by atoms with van der Waals surface area (Å²) in [7, 11) is 6.47. The molecule has 1 aliphatic rings. The van der Waals surface area contributed by atoms with Crippen molar-refractivity contribution in [1.82, 2.24) is 35.1 Å². The third-order valence-corrected chi connectivity index (χ3v) is 10.1. The van der Waals surface area contributed by atoms with Crippen molar-refractivity contribution in [1.29, 1.82) is 0 Å². The quantitative estimate of drug-likeness (QED) is 0.0283. The summed E-state index contributed by atoms with van der Waals surface area (Å²) < 4.78 is 0. The van der Waals surface area contributed by atoms with E-state index < -0.39 is 0 Å². The maximum absolute atomic E-state index is 11.2. The summed E-state index contributed by atoms with van der Waals surface area (Å²) in [5.41, 5.74) is 28.6. The Morgan fingerprint density at radius 1 is 0.857 bits per heavy atom. The van der Waals surface area contributed by atoms with Crippen LogP contribution in [-0.4, -0.2) is 103 Å². The molecule has 0 amide bonds. The van der Waals surface area contributed by atoms with Crippen molar-refractivity contribution in [2.45, 2.75) is 71.1 Å². The Bertz CT molecular complexity index is 1540. The molecule has 1 aliphatic heterocycles. The van der Waals surface area contributed by atoms with E-state index in [1.54, 1.807) is 11.1 Å². The first-order valence-corrected chi connectivity index (χ1v) is 22.3. The molecular formula is C49H84CsN11OP-. The molecule has 0 radical (unpaired) electrons. The normalized spacial score (nSPS) is 13.9. The first kappa shape index (κ1) is 62.9. The Hall–Kier alpha value is -2.21. The van der Waals surface area contributed by atoms with Crippen LogP contribution in [0.5, 0.6) is 0 Å². The van der Waals surface area contributed by atoms with Crippen molar-refractivity contribution in [3.05, 3.63) is 159 Å². The first-order chi connectivity index (χ1) is 29.8. The average molecular weight is 1010 g/mol. The van der Waals surface area contributed by atoms with Gasteiger partial charge in [0.1, 0.15) is 6.29 Å². The van der Waals surface area contributed by atoms with Gasteiger partial charge in [-0.15, -0.1) is 15.8 Å². The van der Waals surface area contributed by atoms with Crippen molar-refractivity contribution < 1.29 is 73.7 Å². The fraction of sp³-hybridized carbons (Fsp3) is 0.449. The molecule has 3 rings (SSSR count). The van der Waals surface area contributed by atoms with Gasteiger partial charge in [-0.1, -0.05) is 118 Å². The fourth-order valence-electron chi connectivity index (χ4n) is 6.32. The van der Waals surface area contributed by atoms with Crippen LogP contribution in [-0.2, 0) is 17.8 Å². The summed E-state index contributed by atoms with van der Waals surface area (Å²) in [6, 6.07) is 19.0. The number of hydrogen-bond acceptors (Lipinski definition) is 12. The van der Waals surface area contributed by atoms with Crippen LogP contribution < -0.4 is 102 Å². The number of nitrogens with zero attached hydrogens (tertiary/aromatic N) is 5. The predicted octanol–water partition coefficient (Wildman–Crippen LogP) is 3.59. The third-order valence-electron chi connectivity index (χ3n) is 9.44. The predicted molar refractivity (Wildman–Crippen MR) is 270 cm³/mol. The molecule has 1 saturated heterocycles. The maximum atomic E-state index is 11.2. The second kappa shape index (κ2) is 41.2. The molecule has 2 aromatic carbocycles. The number of unbranched alkanes of at least 4 members (excludes halogenated alkanes) is 4. The van der Waals surface area contributed by atoms with Gasteiger partial charge in [0, 0.05) is 56.9 Å². The van der Waals surface area contributed by atoms with E-state index in [1.807, 2.05) is 6.07 Å². The molecule has 63 heavy (non-hydrogen) atoms. The van der Waals surface area contributed by atoms with Gasteiger partial charge in [-0.05, 0) is 74.3 Å². The zero-order valence-corrected chi connectivity index (χ0v) is 46.9. The van der Waals surface area contributed by atoms with E-state index in [0.717, 1.165) is 95.5 Å². The van der Waals surface area contributed by atoms with Gasteiger partial charge in [0.2, 0.25) is 0 Å². The standard InChI is InChI=1S/C23H43N5O.C18H24N3P.C6H12N2.C2H5N.Cs/c1-6-24-12-10-8-7-9-11-13-25-18-26(14-15-29)20-28(17-23(4)5)21-27(19-25)16-22(2)3;19-12-17(20)11-8-14-6-9-16(10-7-14)18(22)21-13-15-4-2-1-3-5-15;1-4-8(3)6(2)5-7;1-2-3;/h6,15,24H,1-2,4,7-14,16-21H2,3,5H3;1-7,9-10,12,18,21H,8,11,13,19-20,22H2;1-5,7H2;2H,1,3H2;/q;;-2;;+1/b;17-12-;;;. The Morgan fingerprint density at radius 2 is 1.40 bits per heavy atom. The topological polar surface area (TPSA) is 161 Å². The number of carbonyl (C=O) groups is 1. The summed E-state index contributed by atoms with van der Waals surface area (Å²) in [5, 5.41) is 6.67. The van der Waals surface area contributed by atoms with Crippen molar-refractivity contribution in [3.63, 3.8) is 0 Å². The number of hydrogen-bond donors (Lipinski definition) is 6. The van der Waals surface area contributed by atoms with Gasteiger partial charge in [-0.25, -0.2) is 0 Å². The number of nitrogens with two attached hydrogens (primary N) is 4. The second-order valence-corrected chi connectivity index (χ2v) is 16.2. The summed E-state index contributed by atoms with van der Waals surface area (Å²) in [6.45, 7) is 36.0. The van der Waals surface area contributed by atoms with E-state index >= 15 is 0 Å². The molecule has 14 heteroatoms. The third kappa shape index (κ3) is 33.9. The van der Waals surface area contributed by atoms with Gasteiger partial charge >= 0.3 is 68.9 Å². The molecule has 1 heterocycles. The van der Waals surface area contributed by atoms with Gasteiger partial charge in [0.05, 0.1) is 33.2 Å². The minimum Gasteiger partial charge on any atom is -0.553 e. The van der Waals surface area contributed by atoms with Crippen LogP contribution in [0.15, 0.2) is 129 Å². The summed E-state index contributed by atoms with van der Waals surface area (Å²) in [4.78, 5) is 22.4. The molecule has 0 aromatic heterocycles. The van der Waals surface area contributed by atoms with Gasteiger partial charge in [0.15, 0.2) is 0 Å². The number of aryl methyl sites for hydroxylation is 1. The van der Waals surface area contributed by atoms with Crippen molar-refractivity contribution in [2.75, 3.05) is 72.5 Å². The van der Waals surface area contributed by atoms with Gasteiger partial charge in [-0.2, -0.15) is 0 Å². The largest absolute Gasteiger partial charge is 1.00 e. The number of allylic oxidation sites excluding steroid dienone is 1. The van der Waals surface area contributed by atoms with E-state index in [0.29, 0.717) is 19.6 Å². The second-order valence-electron chi connectivity index (χ2n) is 15.6. The van der Waals surface area contributed by atoms with E-state index in [2.05, 4.69) is 154 Å². The molecular weight excluding hydrogens is 922 g/mol. The van der Waals surface area contributed by atoms with E-state index in [-0.39, 0.29) is 74.7 Å². The van der Waals surface area contributed by atoms with Crippen LogP contribution in [0.2, 0.25) is 0 Å². The molecule has 0 spiro atoms. The number of aldehydes is 1. The van der Waals surface area contributed by atoms with Gasteiger partial charge < -0.3 is 50.2 Å². The van der Waals surface area contributed by atoms with Gasteiger partial charge in [-0.3, -0.25) is 26.6 Å². The number of nitrogens with one attached hydrogen (secondary N) is 2. The molecule has 10 N–H and O–H groups in total. The van der Waals surface area contributed by atoms with Crippen molar-refractivity contribution >= 4 is 15.5 Å². The van der Waals surface area contributed by atoms with Crippen molar-refractivity contribution in [3.8, 4) is 0 Å². The van der Waals surface area contributed by atoms with E-state index in [9.17, 15) is 4.79 Å². The van der Waals surface area contributed by atoms with Crippen molar-refractivity contribution in [2.24, 2.45) is 22.9 Å². The number of carbonyl (C=O) groups excluding carboxylic acids is 1. The van der Waals surface area contributed by atoms with Crippen LogP contribution in [0.1, 0.15) is 74.8 Å². The van der Waals surface area contributed by atoms with E-state index in [4.69, 9.17) is 17.2 Å². The first-order valence-electron chi connectivity index (χ1n) is 21.6. The zero-order valence-electron chi connectivity index (χ0n) is 39.5. The van der Waals surface area contributed by atoms with Crippen LogP contribution in [0.25, 0.3) is 0 Å².